The van der Waals surface area contributed by atoms with E-state index in [0.717, 1.165) is 11.3 Å². The molecule has 31 heavy (non-hydrogen) atoms. The zero-order chi connectivity index (χ0) is 22.1. The summed E-state index contributed by atoms with van der Waals surface area (Å²) in [4.78, 5) is 27.1. The first-order valence-corrected chi connectivity index (χ1v) is 10.9. The van der Waals surface area contributed by atoms with Gasteiger partial charge >= 0.3 is 5.97 Å². The summed E-state index contributed by atoms with van der Waals surface area (Å²) in [6.45, 7) is 7.10. The second-order valence-electron chi connectivity index (χ2n) is 8.13. The number of hydrogen-bond acceptors (Lipinski definition) is 6. The van der Waals surface area contributed by atoms with Crippen LogP contribution < -0.4 is 4.74 Å². The molecule has 1 unspecified atom stereocenters. The monoisotopic (exact) mass is 443 g/mol. The van der Waals surface area contributed by atoms with Gasteiger partial charge in [0.2, 0.25) is 0 Å². The number of hydrogen-bond donors (Lipinski definition) is 0. The van der Waals surface area contributed by atoms with Crippen LogP contribution >= 0.6 is 11.6 Å². The number of Topliss-reactive ketones (excluding diaryl/α,β-unsaturated/α-hetero) is 1. The summed E-state index contributed by atoms with van der Waals surface area (Å²) in [5.41, 5.74) is 1.85. The Morgan fingerprint density at radius 3 is 2.71 bits per heavy atom. The van der Waals surface area contributed by atoms with E-state index in [1.807, 2.05) is 35.0 Å². The third-order valence-corrected chi connectivity index (χ3v) is 6.12. The van der Waals surface area contributed by atoms with Crippen molar-refractivity contribution in [2.75, 3.05) is 6.61 Å². The number of rotatable bonds is 6. The fraction of sp³-hybridized carbons (Fsp3) is 0.435. The molecule has 2 aliphatic heterocycles. The lowest BCUT2D eigenvalue weighted by Gasteiger charge is -2.45. The van der Waals surface area contributed by atoms with Crippen molar-refractivity contribution < 1.29 is 19.1 Å². The van der Waals surface area contributed by atoms with E-state index >= 15 is 0 Å². The summed E-state index contributed by atoms with van der Waals surface area (Å²) < 4.78 is 12.8. The fourth-order valence-electron chi connectivity index (χ4n) is 4.17. The molecular formula is C23H26ClN3O4. The summed E-state index contributed by atoms with van der Waals surface area (Å²) in [5.74, 6) is -0.206. The third kappa shape index (κ3) is 4.06. The summed E-state index contributed by atoms with van der Waals surface area (Å²) in [5, 5.41) is 5.02. The minimum atomic E-state index is -0.578. The van der Waals surface area contributed by atoms with E-state index in [1.54, 1.807) is 13.1 Å². The topological polar surface area (TPSA) is 73.7 Å². The highest BCUT2D eigenvalue weighted by molar-refractivity contribution is 6.32. The Bertz CT molecular complexity index is 1020. The van der Waals surface area contributed by atoms with Crippen LogP contribution in [0.1, 0.15) is 44.5 Å². The minimum absolute atomic E-state index is 0.0490. The Kier molecular flexibility index (Phi) is 6.05. The Hall–Kier alpha value is -2.80. The summed E-state index contributed by atoms with van der Waals surface area (Å²) >= 11 is 6.69. The van der Waals surface area contributed by atoms with Gasteiger partial charge in [-0.15, -0.1) is 5.10 Å². The smallest absolute Gasteiger partial charge is 0.343 e. The lowest BCUT2D eigenvalue weighted by atomic mass is 9.89. The molecule has 0 radical (unpaired) electrons. The molecule has 0 saturated heterocycles. The molecule has 0 bridgehead atoms. The van der Waals surface area contributed by atoms with Crippen LogP contribution in [0.4, 0.5) is 0 Å². The van der Waals surface area contributed by atoms with Gasteiger partial charge in [-0.3, -0.25) is 9.48 Å². The number of aromatic nitrogens is 2. The number of carbonyl (C=O) groups is 2. The highest BCUT2D eigenvalue weighted by Gasteiger charge is 2.43. The average Bonchev–Trinajstić information content (AvgIpc) is 3.07. The van der Waals surface area contributed by atoms with E-state index < -0.39 is 5.97 Å². The molecular weight excluding hydrogens is 418 g/mol. The number of fused-ring (bicyclic) bond motifs is 3. The van der Waals surface area contributed by atoms with E-state index in [0.29, 0.717) is 24.1 Å². The van der Waals surface area contributed by atoms with Gasteiger partial charge in [-0.2, -0.15) is 0 Å². The number of ether oxygens (including phenoxy) is 2. The van der Waals surface area contributed by atoms with Crippen LogP contribution in [0, 0.1) is 5.92 Å². The fourth-order valence-corrected chi connectivity index (χ4v) is 4.49. The van der Waals surface area contributed by atoms with Gasteiger partial charge in [-0.25, -0.2) is 4.79 Å². The molecule has 3 heterocycles. The number of esters is 1. The van der Waals surface area contributed by atoms with Crippen molar-refractivity contribution in [3.05, 3.63) is 58.4 Å². The molecule has 1 aromatic carbocycles. The molecule has 1 aromatic heterocycles. The van der Waals surface area contributed by atoms with Crippen LogP contribution in [-0.4, -0.2) is 39.1 Å². The van der Waals surface area contributed by atoms with Gasteiger partial charge in [-0.1, -0.05) is 55.8 Å². The van der Waals surface area contributed by atoms with Gasteiger partial charge < -0.3 is 14.4 Å². The summed E-state index contributed by atoms with van der Waals surface area (Å²) in [6.07, 6.45) is 1.79. The maximum Gasteiger partial charge on any atom is 0.343 e. The predicted molar refractivity (Wildman–Crippen MR) is 116 cm³/mol. The van der Waals surface area contributed by atoms with E-state index in [9.17, 15) is 9.59 Å². The van der Waals surface area contributed by atoms with Gasteiger partial charge in [-0.05, 0) is 18.4 Å². The van der Waals surface area contributed by atoms with Crippen molar-refractivity contribution in [1.82, 2.24) is 14.7 Å². The molecule has 164 valence electrons. The first-order chi connectivity index (χ1) is 14.9. The van der Waals surface area contributed by atoms with Crippen molar-refractivity contribution in [3.63, 3.8) is 0 Å². The molecule has 2 atom stereocenters. The van der Waals surface area contributed by atoms with Crippen LogP contribution in [0.25, 0.3) is 0 Å². The Morgan fingerprint density at radius 1 is 1.29 bits per heavy atom. The first-order valence-electron chi connectivity index (χ1n) is 10.5. The van der Waals surface area contributed by atoms with E-state index in [2.05, 4.69) is 23.8 Å². The largest absolute Gasteiger partial charge is 0.471 e. The van der Waals surface area contributed by atoms with Gasteiger partial charge in [0.1, 0.15) is 17.2 Å². The molecule has 0 aliphatic carbocycles. The number of benzene rings is 1. The maximum absolute atomic E-state index is 12.8. The van der Waals surface area contributed by atoms with Crippen LogP contribution in [0.15, 0.2) is 42.1 Å². The van der Waals surface area contributed by atoms with Gasteiger partial charge in [0.15, 0.2) is 5.78 Å². The minimum Gasteiger partial charge on any atom is -0.471 e. The van der Waals surface area contributed by atoms with Gasteiger partial charge in [0, 0.05) is 12.6 Å². The number of ketones is 1. The predicted octanol–water partition coefficient (Wildman–Crippen LogP) is 3.92. The SMILES string of the molecule is CCOC(=O)C1=CN2C(CC1=O)c1c(Cl)c(OCc3ccccc3)nn1C[C@H]2C(C)C. The van der Waals surface area contributed by atoms with E-state index in [1.165, 1.54) is 0 Å². The Balaban J connectivity index is 1.67. The lowest BCUT2D eigenvalue weighted by Crippen LogP contribution is -2.49. The number of nitrogens with zero attached hydrogens (tertiary/aromatic N) is 3. The molecule has 2 aliphatic rings. The molecule has 0 amide bonds. The van der Waals surface area contributed by atoms with Crippen LogP contribution in [0.2, 0.25) is 5.02 Å². The summed E-state index contributed by atoms with van der Waals surface area (Å²) in [6, 6.07) is 9.54. The maximum atomic E-state index is 12.8. The van der Waals surface area contributed by atoms with Crippen molar-refractivity contribution in [1.29, 1.82) is 0 Å². The second kappa shape index (κ2) is 8.75. The van der Waals surface area contributed by atoms with Crippen molar-refractivity contribution >= 4 is 23.4 Å². The summed E-state index contributed by atoms with van der Waals surface area (Å²) in [7, 11) is 0. The molecule has 8 heteroatoms. The highest BCUT2D eigenvalue weighted by atomic mass is 35.5. The average molecular weight is 444 g/mol. The van der Waals surface area contributed by atoms with Crippen molar-refractivity contribution in [2.45, 2.75) is 52.4 Å². The van der Waals surface area contributed by atoms with Gasteiger partial charge in [0.05, 0.1) is 30.9 Å². The van der Waals surface area contributed by atoms with Crippen LogP contribution in [-0.2, 0) is 27.5 Å². The van der Waals surface area contributed by atoms with E-state index in [-0.39, 0.29) is 42.4 Å². The van der Waals surface area contributed by atoms with Gasteiger partial charge in [0.25, 0.3) is 5.88 Å². The Labute approximate surface area is 186 Å². The molecule has 0 N–H and O–H groups in total. The number of halogens is 1. The number of carbonyl (C=O) groups excluding carboxylic acids is 2. The molecule has 2 aromatic rings. The highest BCUT2D eigenvalue weighted by Crippen LogP contribution is 2.44. The lowest BCUT2D eigenvalue weighted by molar-refractivity contribution is -0.140. The second-order valence-corrected chi connectivity index (χ2v) is 8.50. The van der Waals surface area contributed by atoms with E-state index in [4.69, 9.17) is 21.1 Å². The Morgan fingerprint density at radius 2 is 2.03 bits per heavy atom. The standard InChI is InChI=1S/C23H26ClN3O4/c1-4-30-23(29)16-11-26-17(10-19(16)28)21-20(24)22(25-27(21)12-18(26)14(2)3)31-13-15-8-6-5-7-9-15/h5-9,11,14,17-18H,4,10,12-13H2,1-3H3/t17?,18-/m0/s1. The normalized spacial score (nSPS) is 20.2. The van der Waals surface area contributed by atoms with Crippen molar-refractivity contribution in [3.8, 4) is 5.88 Å². The zero-order valence-corrected chi connectivity index (χ0v) is 18.6. The first kappa shape index (κ1) is 21.4. The van der Waals surface area contributed by atoms with Crippen LogP contribution in [0.5, 0.6) is 5.88 Å². The molecule has 7 nitrogen and oxygen atoms in total. The van der Waals surface area contributed by atoms with Crippen LogP contribution in [0.3, 0.4) is 0 Å². The molecule has 0 saturated carbocycles. The molecule has 4 rings (SSSR count). The zero-order valence-electron chi connectivity index (χ0n) is 17.9. The quantitative estimate of drug-likeness (QED) is 0.497. The molecule has 0 spiro atoms. The van der Waals surface area contributed by atoms with Crippen molar-refractivity contribution in [2.24, 2.45) is 5.92 Å². The third-order valence-electron chi connectivity index (χ3n) is 5.76. The molecule has 0 fully saturated rings.